The fraction of sp³-hybridized carbons (Fsp3) is 0. The molecule has 0 bridgehead atoms. The molecule has 1 aromatic heterocycles. The lowest BCUT2D eigenvalue weighted by atomic mass is 10.3. The molecule has 0 atom stereocenters. The average molecular weight is 271 g/mol. The molecular formula is C10H7F2N3O2S. The molecule has 0 radical (unpaired) electrons. The van der Waals surface area contributed by atoms with Crippen molar-refractivity contribution < 1.29 is 17.2 Å². The van der Waals surface area contributed by atoms with Crippen LogP contribution in [0.25, 0.3) is 0 Å². The van der Waals surface area contributed by atoms with Gasteiger partial charge in [-0.15, -0.1) is 0 Å². The molecule has 8 heteroatoms. The number of benzene rings is 1. The molecule has 2 rings (SSSR count). The maximum Gasteiger partial charge on any atom is 0.266 e. The summed E-state index contributed by atoms with van der Waals surface area (Å²) in [5.41, 5.74) is 0. The van der Waals surface area contributed by atoms with Crippen LogP contribution in [0.1, 0.15) is 0 Å². The lowest BCUT2D eigenvalue weighted by Crippen LogP contribution is -2.15. The summed E-state index contributed by atoms with van der Waals surface area (Å²) < 4.78 is 51.8. The highest BCUT2D eigenvalue weighted by Crippen LogP contribution is 2.18. The van der Waals surface area contributed by atoms with Crippen LogP contribution in [0, 0.1) is 11.6 Å². The minimum atomic E-state index is -4.23. The van der Waals surface area contributed by atoms with Crippen molar-refractivity contribution in [1.29, 1.82) is 0 Å². The summed E-state index contributed by atoms with van der Waals surface area (Å²) in [6, 6.07) is 2.16. The summed E-state index contributed by atoms with van der Waals surface area (Å²) in [5, 5.41) is 0. The molecule has 0 unspecified atom stereocenters. The van der Waals surface area contributed by atoms with Crippen LogP contribution in [0.4, 0.5) is 14.6 Å². The van der Waals surface area contributed by atoms with E-state index in [1.807, 2.05) is 4.72 Å². The Balaban J connectivity index is 2.40. The molecule has 0 aliphatic rings. The second kappa shape index (κ2) is 4.65. The fourth-order valence-corrected chi connectivity index (χ4v) is 2.31. The Bertz CT molecular complexity index is 662. The third kappa shape index (κ3) is 2.59. The van der Waals surface area contributed by atoms with Gasteiger partial charge >= 0.3 is 0 Å². The molecule has 0 amide bonds. The zero-order valence-electron chi connectivity index (χ0n) is 8.84. The minimum absolute atomic E-state index is 0.0823. The maximum atomic E-state index is 13.3. The van der Waals surface area contributed by atoms with Gasteiger partial charge in [0.25, 0.3) is 10.0 Å². The van der Waals surface area contributed by atoms with E-state index in [1.54, 1.807) is 0 Å². The molecule has 0 aliphatic carbocycles. The largest absolute Gasteiger partial charge is 0.266 e. The van der Waals surface area contributed by atoms with Crippen LogP contribution in [0.5, 0.6) is 0 Å². The zero-order chi connectivity index (χ0) is 13.2. The van der Waals surface area contributed by atoms with Gasteiger partial charge in [0.15, 0.2) is 5.82 Å². The van der Waals surface area contributed by atoms with E-state index in [2.05, 4.69) is 9.97 Å². The topological polar surface area (TPSA) is 72.0 Å². The summed E-state index contributed by atoms with van der Waals surface area (Å²) in [6.07, 6.45) is 3.76. The fourth-order valence-electron chi connectivity index (χ4n) is 1.23. The quantitative estimate of drug-likeness (QED) is 0.919. The van der Waals surface area contributed by atoms with Crippen molar-refractivity contribution in [3.8, 4) is 0 Å². The van der Waals surface area contributed by atoms with Crippen LogP contribution in [0.15, 0.2) is 41.7 Å². The summed E-state index contributed by atoms with van der Waals surface area (Å²) in [6.45, 7) is 0. The summed E-state index contributed by atoms with van der Waals surface area (Å²) in [7, 11) is -4.23. The van der Waals surface area contributed by atoms with Crippen molar-refractivity contribution in [2.75, 3.05) is 4.72 Å². The van der Waals surface area contributed by atoms with Crippen molar-refractivity contribution in [2.45, 2.75) is 4.90 Å². The Hall–Kier alpha value is -2.09. The Labute approximate surface area is 102 Å². The first-order valence-electron chi connectivity index (χ1n) is 4.73. The highest BCUT2D eigenvalue weighted by molar-refractivity contribution is 7.92. The Kier molecular flexibility index (Phi) is 3.19. The van der Waals surface area contributed by atoms with Crippen LogP contribution in [0.2, 0.25) is 0 Å². The van der Waals surface area contributed by atoms with Crippen LogP contribution in [-0.4, -0.2) is 18.4 Å². The van der Waals surface area contributed by atoms with Gasteiger partial charge in [0, 0.05) is 12.4 Å². The number of nitrogens with zero attached hydrogens (tertiary/aromatic N) is 2. The summed E-state index contributed by atoms with van der Waals surface area (Å²) in [4.78, 5) is 6.53. The molecule has 0 aliphatic heterocycles. The smallest absolute Gasteiger partial charge is 0.262 e. The number of sulfonamides is 1. The van der Waals surface area contributed by atoms with Crippen LogP contribution >= 0.6 is 0 Å². The molecule has 5 nitrogen and oxygen atoms in total. The van der Waals surface area contributed by atoms with E-state index in [-0.39, 0.29) is 5.82 Å². The van der Waals surface area contributed by atoms with E-state index in [9.17, 15) is 17.2 Å². The van der Waals surface area contributed by atoms with E-state index >= 15 is 0 Å². The van der Waals surface area contributed by atoms with Gasteiger partial charge in [0.1, 0.15) is 16.5 Å². The Morgan fingerprint density at radius 1 is 1.17 bits per heavy atom. The molecule has 2 aromatic rings. The standard InChI is InChI=1S/C10H7F2N3O2S/c11-7-1-2-8(12)9(5-7)18(16,17)15-10-6-13-3-4-14-10/h1-6H,(H,14,15). The van der Waals surface area contributed by atoms with Gasteiger partial charge in [0.05, 0.1) is 6.20 Å². The van der Waals surface area contributed by atoms with Crippen molar-refractivity contribution in [3.63, 3.8) is 0 Å². The molecule has 1 heterocycles. The number of nitrogens with one attached hydrogen (secondary N) is 1. The average Bonchev–Trinajstić information content (AvgIpc) is 2.33. The van der Waals surface area contributed by atoms with Crippen LogP contribution < -0.4 is 4.72 Å². The highest BCUT2D eigenvalue weighted by atomic mass is 32.2. The predicted octanol–water partition coefficient (Wildman–Crippen LogP) is 1.56. The van der Waals surface area contributed by atoms with Crippen molar-refractivity contribution in [1.82, 2.24) is 9.97 Å². The van der Waals surface area contributed by atoms with Gasteiger partial charge in [-0.3, -0.25) is 9.71 Å². The first-order valence-corrected chi connectivity index (χ1v) is 6.21. The van der Waals surface area contributed by atoms with Gasteiger partial charge in [-0.05, 0) is 18.2 Å². The second-order valence-electron chi connectivity index (χ2n) is 3.27. The number of anilines is 1. The van der Waals surface area contributed by atoms with E-state index in [1.165, 1.54) is 12.4 Å². The van der Waals surface area contributed by atoms with E-state index < -0.39 is 26.6 Å². The summed E-state index contributed by atoms with van der Waals surface area (Å²) in [5.74, 6) is -1.98. The molecule has 0 saturated heterocycles. The second-order valence-corrected chi connectivity index (χ2v) is 4.92. The monoisotopic (exact) mass is 271 g/mol. The van der Waals surface area contributed by atoms with E-state index in [4.69, 9.17) is 0 Å². The summed E-state index contributed by atoms with van der Waals surface area (Å²) >= 11 is 0. The third-order valence-electron chi connectivity index (χ3n) is 1.98. The predicted molar refractivity (Wildman–Crippen MR) is 59.2 cm³/mol. The minimum Gasteiger partial charge on any atom is -0.262 e. The van der Waals surface area contributed by atoms with E-state index in [0.29, 0.717) is 6.07 Å². The molecular weight excluding hydrogens is 264 g/mol. The Morgan fingerprint density at radius 2 is 1.94 bits per heavy atom. The molecule has 0 spiro atoms. The molecule has 0 saturated carbocycles. The number of rotatable bonds is 3. The number of hydrogen-bond donors (Lipinski definition) is 1. The first kappa shape index (κ1) is 12.4. The molecule has 94 valence electrons. The molecule has 1 aromatic carbocycles. The Morgan fingerprint density at radius 3 is 2.61 bits per heavy atom. The lowest BCUT2D eigenvalue weighted by Gasteiger charge is -2.07. The van der Waals surface area contributed by atoms with E-state index in [0.717, 1.165) is 18.3 Å². The first-order chi connectivity index (χ1) is 8.49. The number of aromatic nitrogens is 2. The van der Waals surface area contributed by atoms with Gasteiger partial charge in [-0.2, -0.15) is 0 Å². The lowest BCUT2D eigenvalue weighted by molar-refractivity contribution is 0.555. The SMILES string of the molecule is O=S(=O)(Nc1cnccn1)c1cc(F)ccc1F. The zero-order valence-corrected chi connectivity index (χ0v) is 9.66. The van der Waals surface area contributed by atoms with Crippen LogP contribution in [0.3, 0.4) is 0 Å². The van der Waals surface area contributed by atoms with Gasteiger partial charge in [-0.25, -0.2) is 22.2 Å². The molecule has 18 heavy (non-hydrogen) atoms. The van der Waals surface area contributed by atoms with Crippen molar-refractivity contribution in [2.24, 2.45) is 0 Å². The van der Waals surface area contributed by atoms with Gasteiger partial charge in [0.2, 0.25) is 0 Å². The normalized spacial score (nSPS) is 11.2. The molecule has 0 fully saturated rings. The highest BCUT2D eigenvalue weighted by Gasteiger charge is 2.20. The van der Waals surface area contributed by atoms with Gasteiger partial charge in [-0.1, -0.05) is 0 Å². The van der Waals surface area contributed by atoms with Gasteiger partial charge < -0.3 is 0 Å². The number of hydrogen-bond acceptors (Lipinski definition) is 4. The van der Waals surface area contributed by atoms with Crippen LogP contribution in [-0.2, 0) is 10.0 Å². The maximum absolute atomic E-state index is 13.3. The third-order valence-corrected chi connectivity index (χ3v) is 3.35. The van der Waals surface area contributed by atoms with Crippen molar-refractivity contribution >= 4 is 15.8 Å². The molecule has 1 N–H and O–H groups in total. The van der Waals surface area contributed by atoms with Crippen molar-refractivity contribution in [3.05, 3.63) is 48.4 Å². The number of halogens is 2.